The van der Waals surface area contributed by atoms with Crippen LogP contribution in [-0.2, 0) is 0 Å². The van der Waals surface area contributed by atoms with Crippen molar-refractivity contribution in [2.75, 3.05) is 0 Å². The molecule has 0 radical (unpaired) electrons. The van der Waals surface area contributed by atoms with Gasteiger partial charge in [0.25, 0.3) is 0 Å². The van der Waals surface area contributed by atoms with Crippen molar-refractivity contribution in [1.29, 1.82) is 0 Å². The molecule has 8 heteroatoms. The van der Waals surface area contributed by atoms with E-state index in [0.717, 1.165) is 12.3 Å². The van der Waals surface area contributed by atoms with Gasteiger partial charge >= 0.3 is 5.69 Å². The molecular weight excluding hydrogens is 260 g/mol. The molecule has 1 unspecified atom stereocenters. The fraction of sp³-hybridized carbons (Fsp3) is 0.182. The van der Waals surface area contributed by atoms with Gasteiger partial charge in [0.1, 0.15) is 5.82 Å². The van der Waals surface area contributed by atoms with Crippen LogP contribution in [0.4, 0.5) is 14.5 Å². The summed E-state index contributed by atoms with van der Waals surface area (Å²) in [6.07, 6.45) is 1.14. The van der Waals surface area contributed by atoms with Crippen LogP contribution in [0.3, 0.4) is 0 Å². The first kappa shape index (κ1) is 13.1. The lowest BCUT2D eigenvalue weighted by Gasteiger charge is -2.01. The molecule has 0 fully saturated rings. The molecule has 1 aromatic carbocycles. The van der Waals surface area contributed by atoms with Crippen LogP contribution in [0.15, 0.2) is 22.7 Å². The topological polar surface area (TPSA) is 95.2 Å². The largest absolute Gasteiger partial charge is 0.439 e. The van der Waals surface area contributed by atoms with E-state index in [-0.39, 0.29) is 17.2 Å². The fourth-order valence-corrected chi connectivity index (χ4v) is 1.51. The van der Waals surface area contributed by atoms with E-state index in [1.807, 2.05) is 0 Å². The number of nitro benzene ring substituents is 1. The van der Waals surface area contributed by atoms with Crippen LogP contribution in [0.1, 0.15) is 18.9 Å². The molecule has 0 spiro atoms. The summed E-state index contributed by atoms with van der Waals surface area (Å²) < 4.78 is 32.3. The van der Waals surface area contributed by atoms with Crippen LogP contribution in [0.25, 0.3) is 11.3 Å². The standard InChI is InChI=1S/C11H9F2N3O3/c1-5(14)11-15-4-9(19-11)7-2-6(12)3-8(10(7)13)16(17)18/h2-5H,14H2,1H3. The molecule has 6 nitrogen and oxygen atoms in total. The lowest BCUT2D eigenvalue weighted by atomic mass is 10.1. The normalized spacial score (nSPS) is 12.4. The molecule has 2 N–H and O–H groups in total. The molecule has 1 atom stereocenters. The first-order valence-corrected chi connectivity index (χ1v) is 5.25. The molecule has 0 aliphatic heterocycles. The van der Waals surface area contributed by atoms with Crippen molar-refractivity contribution in [2.45, 2.75) is 13.0 Å². The first-order chi connectivity index (χ1) is 8.90. The number of aromatic nitrogens is 1. The van der Waals surface area contributed by atoms with Gasteiger partial charge in [0.15, 0.2) is 5.76 Å². The monoisotopic (exact) mass is 269 g/mol. The highest BCUT2D eigenvalue weighted by atomic mass is 19.1. The molecule has 19 heavy (non-hydrogen) atoms. The Labute approximate surface area is 106 Å². The van der Waals surface area contributed by atoms with Crippen molar-refractivity contribution >= 4 is 5.69 Å². The maximum absolute atomic E-state index is 13.9. The van der Waals surface area contributed by atoms with E-state index in [1.165, 1.54) is 0 Å². The van der Waals surface area contributed by atoms with Crippen molar-refractivity contribution in [3.05, 3.63) is 46.0 Å². The van der Waals surface area contributed by atoms with E-state index < -0.39 is 28.3 Å². The van der Waals surface area contributed by atoms with Gasteiger partial charge in [-0.15, -0.1) is 0 Å². The predicted molar refractivity (Wildman–Crippen MR) is 61.1 cm³/mol. The Kier molecular flexibility index (Phi) is 3.26. The molecule has 2 rings (SSSR count). The van der Waals surface area contributed by atoms with Crippen molar-refractivity contribution in [3.63, 3.8) is 0 Å². The maximum atomic E-state index is 13.9. The van der Waals surface area contributed by atoms with Crippen LogP contribution >= 0.6 is 0 Å². The van der Waals surface area contributed by atoms with Crippen molar-refractivity contribution in [2.24, 2.45) is 5.73 Å². The van der Waals surface area contributed by atoms with E-state index in [0.29, 0.717) is 6.07 Å². The van der Waals surface area contributed by atoms with Crippen LogP contribution in [0.2, 0.25) is 0 Å². The van der Waals surface area contributed by atoms with Crippen LogP contribution in [-0.4, -0.2) is 9.91 Å². The number of rotatable bonds is 3. The van der Waals surface area contributed by atoms with Crippen LogP contribution in [0, 0.1) is 21.7 Å². The summed E-state index contributed by atoms with van der Waals surface area (Å²) in [5.41, 5.74) is 4.19. The quantitative estimate of drug-likeness (QED) is 0.682. The van der Waals surface area contributed by atoms with Gasteiger partial charge in [-0.25, -0.2) is 9.37 Å². The van der Waals surface area contributed by atoms with Gasteiger partial charge in [-0.1, -0.05) is 0 Å². The SMILES string of the molecule is CC(N)c1ncc(-c2cc(F)cc([N+](=O)[O-])c2F)o1. The average molecular weight is 269 g/mol. The third-order valence-electron chi connectivity index (χ3n) is 2.39. The Bertz CT molecular complexity index is 640. The molecule has 0 bridgehead atoms. The summed E-state index contributed by atoms with van der Waals surface area (Å²) >= 11 is 0. The molecule has 0 aliphatic rings. The molecule has 100 valence electrons. The van der Waals surface area contributed by atoms with E-state index in [2.05, 4.69) is 4.98 Å². The van der Waals surface area contributed by atoms with E-state index in [4.69, 9.17) is 10.2 Å². The zero-order chi connectivity index (χ0) is 14.2. The Morgan fingerprint density at radius 2 is 2.16 bits per heavy atom. The summed E-state index contributed by atoms with van der Waals surface area (Å²) in [7, 11) is 0. The number of oxazole rings is 1. The number of hydrogen-bond acceptors (Lipinski definition) is 5. The molecule has 1 heterocycles. The first-order valence-electron chi connectivity index (χ1n) is 5.25. The summed E-state index contributed by atoms with van der Waals surface area (Å²) in [5.74, 6) is -2.12. The minimum absolute atomic E-state index is 0.118. The van der Waals surface area contributed by atoms with E-state index in [1.54, 1.807) is 6.92 Å². The number of halogens is 2. The molecule has 0 amide bonds. The highest BCUT2D eigenvalue weighted by molar-refractivity contribution is 5.62. The number of benzene rings is 1. The molecular formula is C11H9F2N3O3. The van der Waals surface area contributed by atoms with Gasteiger partial charge in [-0.2, -0.15) is 4.39 Å². The van der Waals surface area contributed by atoms with Gasteiger partial charge in [-0.3, -0.25) is 10.1 Å². The maximum Gasteiger partial charge on any atom is 0.308 e. The third-order valence-corrected chi connectivity index (χ3v) is 2.39. The van der Waals surface area contributed by atoms with Crippen LogP contribution in [0.5, 0.6) is 0 Å². The Morgan fingerprint density at radius 1 is 1.47 bits per heavy atom. The Balaban J connectivity index is 2.58. The number of nitrogens with zero attached hydrogens (tertiary/aromatic N) is 2. The van der Waals surface area contributed by atoms with E-state index >= 15 is 0 Å². The minimum atomic E-state index is -1.18. The predicted octanol–water partition coefficient (Wildman–Crippen LogP) is 2.55. The lowest BCUT2D eigenvalue weighted by molar-refractivity contribution is -0.387. The molecule has 1 aromatic heterocycles. The van der Waals surface area contributed by atoms with Gasteiger partial charge in [0, 0.05) is 0 Å². The van der Waals surface area contributed by atoms with Crippen LogP contribution < -0.4 is 5.73 Å². The summed E-state index contributed by atoms with van der Waals surface area (Å²) in [5, 5.41) is 10.6. The second-order valence-electron chi connectivity index (χ2n) is 3.89. The number of nitrogens with two attached hydrogens (primary N) is 1. The average Bonchev–Trinajstić information content (AvgIpc) is 2.80. The van der Waals surface area contributed by atoms with Gasteiger partial charge in [-0.05, 0) is 13.0 Å². The Morgan fingerprint density at radius 3 is 2.68 bits per heavy atom. The number of hydrogen-bond donors (Lipinski definition) is 1. The Hall–Kier alpha value is -2.35. The summed E-state index contributed by atoms with van der Waals surface area (Å²) in [6, 6.07) is 0.774. The van der Waals surface area contributed by atoms with Gasteiger partial charge in [0.2, 0.25) is 11.7 Å². The molecule has 0 saturated carbocycles. The summed E-state index contributed by atoms with van der Waals surface area (Å²) in [6.45, 7) is 1.60. The third kappa shape index (κ3) is 2.43. The summed E-state index contributed by atoms with van der Waals surface area (Å²) in [4.78, 5) is 13.4. The molecule has 2 aromatic rings. The zero-order valence-electron chi connectivity index (χ0n) is 9.76. The van der Waals surface area contributed by atoms with Gasteiger partial charge in [0.05, 0.1) is 28.8 Å². The smallest absolute Gasteiger partial charge is 0.308 e. The fourth-order valence-electron chi connectivity index (χ4n) is 1.51. The minimum Gasteiger partial charge on any atom is -0.439 e. The molecule has 0 aliphatic carbocycles. The number of nitro groups is 1. The van der Waals surface area contributed by atoms with Crippen molar-refractivity contribution in [3.8, 4) is 11.3 Å². The van der Waals surface area contributed by atoms with Crippen molar-refractivity contribution in [1.82, 2.24) is 4.98 Å². The second kappa shape index (κ2) is 4.73. The molecule has 0 saturated heterocycles. The second-order valence-corrected chi connectivity index (χ2v) is 3.89. The van der Waals surface area contributed by atoms with Crippen molar-refractivity contribution < 1.29 is 18.1 Å². The van der Waals surface area contributed by atoms with E-state index in [9.17, 15) is 18.9 Å². The highest BCUT2D eigenvalue weighted by Gasteiger charge is 2.23. The lowest BCUT2D eigenvalue weighted by Crippen LogP contribution is -2.04. The van der Waals surface area contributed by atoms with Gasteiger partial charge < -0.3 is 10.2 Å². The zero-order valence-corrected chi connectivity index (χ0v) is 9.76. The highest BCUT2D eigenvalue weighted by Crippen LogP contribution is 2.31.